The van der Waals surface area contributed by atoms with Crippen molar-refractivity contribution < 1.29 is 13.2 Å². The SMILES string of the molecule is N#Cc1ccn2c(-c3cc(F)c(F)c(F)c3)nnc2c1. The molecule has 98 valence electrons. The Morgan fingerprint density at radius 2 is 1.75 bits per heavy atom. The van der Waals surface area contributed by atoms with Crippen molar-refractivity contribution in [1.82, 2.24) is 14.6 Å². The molecule has 0 aliphatic rings. The number of rotatable bonds is 1. The van der Waals surface area contributed by atoms with Crippen LogP contribution in [0, 0.1) is 28.8 Å². The number of hydrogen-bond donors (Lipinski definition) is 0. The van der Waals surface area contributed by atoms with Crippen LogP contribution in [0.25, 0.3) is 17.0 Å². The van der Waals surface area contributed by atoms with Gasteiger partial charge in [-0.2, -0.15) is 5.26 Å². The van der Waals surface area contributed by atoms with Gasteiger partial charge in [-0.3, -0.25) is 4.40 Å². The fourth-order valence-electron chi connectivity index (χ4n) is 1.84. The summed E-state index contributed by atoms with van der Waals surface area (Å²) in [6.45, 7) is 0. The minimum Gasteiger partial charge on any atom is -0.282 e. The number of fused-ring (bicyclic) bond motifs is 1. The molecule has 0 fully saturated rings. The topological polar surface area (TPSA) is 54.0 Å². The highest BCUT2D eigenvalue weighted by Crippen LogP contribution is 2.23. The Balaban J connectivity index is 2.23. The molecular weight excluding hydrogens is 269 g/mol. The Morgan fingerprint density at radius 1 is 1.05 bits per heavy atom. The first-order valence-electron chi connectivity index (χ1n) is 5.50. The molecule has 3 rings (SSSR count). The smallest absolute Gasteiger partial charge is 0.194 e. The Labute approximate surface area is 110 Å². The van der Waals surface area contributed by atoms with Crippen molar-refractivity contribution in [2.75, 3.05) is 0 Å². The van der Waals surface area contributed by atoms with Crippen LogP contribution >= 0.6 is 0 Å². The third-order valence-electron chi connectivity index (χ3n) is 2.78. The van der Waals surface area contributed by atoms with Crippen molar-refractivity contribution in [3.8, 4) is 17.5 Å². The molecule has 7 heteroatoms. The number of nitriles is 1. The van der Waals surface area contributed by atoms with E-state index in [0.717, 1.165) is 12.1 Å². The van der Waals surface area contributed by atoms with E-state index in [4.69, 9.17) is 5.26 Å². The molecule has 0 unspecified atom stereocenters. The van der Waals surface area contributed by atoms with Crippen molar-refractivity contribution in [2.45, 2.75) is 0 Å². The van der Waals surface area contributed by atoms with E-state index in [1.54, 1.807) is 0 Å². The van der Waals surface area contributed by atoms with Gasteiger partial charge >= 0.3 is 0 Å². The number of hydrogen-bond acceptors (Lipinski definition) is 3. The first-order chi connectivity index (χ1) is 9.60. The Bertz CT molecular complexity index is 841. The van der Waals surface area contributed by atoms with Gasteiger partial charge in [0.1, 0.15) is 0 Å². The third kappa shape index (κ3) is 1.78. The van der Waals surface area contributed by atoms with Gasteiger partial charge in [0.25, 0.3) is 0 Å². The lowest BCUT2D eigenvalue weighted by atomic mass is 10.2. The first-order valence-corrected chi connectivity index (χ1v) is 5.50. The average Bonchev–Trinajstić information content (AvgIpc) is 2.87. The summed E-state index contributed by atoms with van der Waals surface area (Å²) >= 11 is 0. The molecule has 0 bridgehead atoms. The molecule has 20 heavy (non-hydrogen) atoms. The molecule has 0 spiro atoms. The maximum atomic E-state index is 13.2. The van der Waals surface area contributed by atoms with Gasteiger partial charge in [0, 0.05) is 17.8 Å². The molecule has 3 aromatic rings. The van der Waals surface area contributed by atoms with E-state index in [-0.39, 0.29) is 11.4 Å². The average molecular weight is 274 g/mol. The number of pyridine rings is 1. The van der Waals surface area contributed by atoms with E-state index in [9.17, 15) is 13.2 Å². The lowest BCUT2D eigenvalue weighted by molar-refractivity contribution is 0.447. The van der Waals surface area contributed by atoms with Crippen molar-refractivity contribution in [1.29, 1.82) is 5.26 Å². The van der Waals surface area contributed by atoms with Crippen LogP contribution in [-0.2, 0) is 0 Å². The molecule has 2 aromatic heterocycles. The Morgan fingerprint density at radius 3 is 2.40 bits per heavy atom. The first kappa shape index (κ1) is 12.2. The van der Waals surface area contributed by atoms with Crippen LogP contribution in [0.1, 0.15) is 5.56 Å². The van der Waals surface area contributed by atoms with Crippen molar-refractivity contribution in [3.63, 3.8) is 0 Å². The number of aromatic nitrogens is 3. The predicted octanol–water partition coefficient (Wildman–Crippen LogP) is 2.69. The highest BCUT2D eigenvalue weighted by Gasteiger charge is 2.15. The van der Waals surface area contributed by atoms with Gasteiger partial charge in [-0.25, -0.2) is 13.2 Å². The maximum Gasteiger partial charge on any atom is 0.194 e. The quantitative estimate of drug-likeness (QED) is 0.641. The van der Waals surface area contributed by atoms with Gasteiger partial charge in [-0.05, 0) is 18.2 Å². The van der Waals surface area contributed by atoms with Crippen molar-refractivity contribution in [3.05, 3.63) is 53.5 Å². The summed E-state index contributed by atoms with van der Waals surface area (Å²) in [6.07, 6.45) is 1.50. The van der Waals surface area contributed by atoms with E-state index in [1.165, 1.54) is 22.7 Å². The van der Waals surface area contributed by atoms with Gasteiger partial charge in [-0.1, -0.05) is 0 Å². The van der Waals surface area contributed by atoms with Crippen molar-refractivity contribution >= 4 is 5.65 Å². The van der Waals surface area contributed by atoms with E-state index in [2.05, 4.69) is 10.2 Å². The molecule has 0 aliphatic carbocycles. The van der Waals surface area contributed by atoms with Gasteiger partial charge in [0.15, 0.2) is 28.9 Å². The molecular formula is C13H5F3N4. The molecule has 4 nitrogen and oxygen atoms in total. The maximum absolute atomic E-state index is 13.2. The van der Waals surface area contributed by atoms with Gasteiger partial charge in [0.2, 0.25) is 0 Å². The summed E-state index contributed by atoms with van der Waals surface area (Å²) in [6, 6.07) is 6.61. The van der Waals surface area contributed by atoms with Crippen LogP contribution in [0.5, 0.6) is 0 Å². The fourth-order valence-corrected chi connectivity index (χ4v) is 1.84. The van der Waals surface area contributed by atoms with E-state index >= 15 is 0 Å². The zero-order chi connectivity index (χ0) is 14.3. The second-order valence-corrected chi connectivity index (χ2v) is 4.03. The van der Waals surface area contributed by atoms with Gasteiger partial charge in [-0.15, -0.1) is 10.2 Å². The molecule has 1 aromatic carbocycles. The fraction of sp³-hybridized carbons (Fsp3) is 0. The predicted molar refractivity (Wildman–Crippen MR) is 63.0 cm³/mol. The number of benzene rings is 1. The highest BCUT2D eigenvalue weighted by molar-refractivity contribution is 5.60. The minimum atomic E-state index is -1.53. The molecule has 0 N–H and O–H groups in total. The van der Waals surface area contributed by atoms with Crippen LogP contribution in [-0.4, -0.2) is 14.6 Å². The Hall–Kier alpha value is -2.88. The summed E-state index contributed by atoms with van der Waals surface area (Å²) < 4.78 is 40.9. The monoisotopic (exact) mass is 274 g/mol. The number of nitrogens with zero attached hydrogens (tertiary/aromatic N) is 4. The Kier molecular flexibility index (Phi) is 2.64. The second kappa shape index (κ2) is 4.35. The second-order valence-electron chi connectivity index (χ2n) is 4.03. The van der Waals surface area contributed by atoms with Crippen LogP contribution in [0.2, 0.25) is 0 Å². The van der Waals surface area contributed by atoms with Crippen LogP contribution in [0.4, 0.5) is 13.2 Å². The molecule has 0 aliphatic heterocycles. The zero-order valence-corrected chi connectivity index (χ0v) is 9.81. The standard InChI is InChI=1S/C13H5F3N4/c14-9-4-8(5-10(15)12(9)16)13-19-18-11-3-7(6-17)1-2-20(11)13/h1-5H. The van der Waals surface area contributed by atoms with Crippen LogP contribution in [0.15, 0.2) is 30.5 Å². The summed E-state index contributed by atoms with van der Waals surface area (Å²) in [5, 5.41) is 16.4. The minimum absolute atomic E-state index is 0.0543. The largest absolute Gasteiger partial charge is 0.282 e. The summed E-state index contributed by atoms with van der Waals surface area (Å²) in [5.41, 5.74) is 0.788. The zero-order valence-electron chi connectivity index (χ0n) is 9.81. The highest BCUT2D eigenvalue weighted by atomic mass is 19.2. The summed E-state index contributed by atoms with van der Waals surface area (Å²) in [5.74, 6) is -3.98. The van der Waals surface area contributed by atoms with E-state index < -0.39 is 17.5 Å². The van der Waals surface area contributed by atoms with E-state index in [0.29, 0.717) is 11.2 Å². The summed E-state index contributed by atoms with van der Waals surface area (Å²) in [7, 11) is 0. The van der Waals surface area contributed by atoms with Crippen molar-refractivity contribution in [2.24, 2.45) is 0 Å². The molecule has 0 saturated heterocycles. The summed E-state index contributed by atoms with van der Waals surface area (Å²) in [4.78, 5) is 0. The normalized spacial score (nSPS) is 10.7. The number of halogens is 3. The molecule has 2 heterocycles. The third-order valence-corrected chi connectivity index (χ3v) is 2.78. The van der Waals surface area contributed by atoms with E-state index in [1.807, 2.05) is 6.07 Å². The van der Waals surface area contributed by atoms with Gasteiger partial charge < -0.3 is 0 Å². The lowest BCUT2D eigenvalue weighted by Gasteiger charge is -2.02. The molecule has 0 atom stereocenters. The van der Waals surface area contributed by atoms with Crippen LogP contribution in [0.3, 0.4) is 0 Å². The van der Waals surface area contributed by atoms with Crippen LogP contribution < -0.4 is 0 Å². The molecule has 0 amide bonds. The van der Waals surface area contributed by atoms with Gasteiger partial charge in [0.05, 0.1) is 11.6 Å². The molecule has 0 saturated carbocycles. The molecule has 0 radical (unpaired) electrons. The lowest BCUT2D eigenvalue weighted by Crippen LogP contribution is -1.95.